The number of carbonyl (C=O) groups excluding carboxylic acids is 5. The molecule has 3 aliphatic rings. The lowest BCUT2D eigenvalue weighted by molar-refractivity contribution is -0.179. The van der Waals surface area contributed by atoms with Crippen LogP contribution >= 0.6 is 0 Å². The first-order valence-electron chi connectivity index (χ1n) is 14.8. The maximum atomic E-state index is 13.8. The minimum absolute atomic E-state index is 0.0569. The number of carbonyl (C=O) groups is 5. The van der Waals surface area contributed by atoms with Crippen molar-refractivity contribution in [1.29, 1.82) is 0 Å². The van der Waals surface area contributed by atoms with Crippen molar-refractivity contribution in [1.82, 2.24) is 15.3 Å². The minimum atomic E-state index is -1.83. The molecule has 2 heterocycles. The summed E-state index contributed by atoms with van der Waals surface area (Å²) in [5.74, 6) is -2.87. The van der Waals surface area contributed by atoms with Gasteiger partial charge < -0.3 is 24.5 Å². The molecule has 2 aliphatic heterocycles. The van der Waals surface area contributed by atoms with Gasteiger partial charge in [-0.05, 0) is 68.0 Å². The second-order valence-electron chi connectivity index (χ2n) is 12.4. The highest BCUT2D eigenvalue weighted by Gasteiger charge is 2.50. The van der Waals surface area contributed by atoms with Gasteiger partial charge in [0.2, 0.25) is 0 Å². The van der Waals surface area contributed by atoms with Gasteiger partial charge in [-0.25, -0.2) is 14.4 Å². The average Bonchev–Trinajstić information content (AvgIpc) is 3.46. The Morgan fingerprint density at radius 2 is 1.38 bits per heavy atom. The molecule has 1 fully saturated rings. The molecule has 1 atom stereocenters. The van der Waals surface area contributed by atoms with Crippen LogP contribution in [0.25, 0.3) is 11.1 Å². The number of likely N-dealkylation sites (tertiary alicyclic amines) is 1. The molecule has 1 aliphatic carbocycles. The van der Waals surface area contributed by atoms with Gasteiger partial charge in [0.05, 0.1) is 17.7 Å². The van der Waals surface area contributed by atoms with Gasteiger partial charge in [0, 0.05) is 12.5 Å². The molecule has 0 aromatic heterocycles. The fourth-order valence-corrected chi connectivity index (χ4v) is 6.14. The van der Waals surface area contributed by atoms with Gasteiger partial charge in [-0.3, -0.25) is 9.59 Å². The van der Waals surface area contributed by atoms with E-state index in [0.717, 1.165) is 22.3 Å². The van der Waals surface area contributed by atoms with E-state index < -0.39 is 41.1 Å². The lowest BCUT2D eigenvalue weighted by Gasteiger charge is -2.41. The molecule has 232 valence electrons. The summed E-state index contributed by atoms with van der Waals surface area (Å²) in [5, 5.41) is 2.97. The van der Waals surface area contributed by atoms with Crippen molar-refractivity contribution in [3.63, 3.8) is 0 Å². The van der Waals surface area contributed by atoms with E-state index in [2.05, 4.69) is 5.32 Å². The van der Waals surface area contributed by atoms with Gasteiger partial charge in [-0.15, -0.1) is 0 Å². The monoisotopic (exact) mass is 611 g/mol. The zero-order chi connectivity index (χ0) is 31.9. The van der Waals surface area contributed by atoms with Gasteiger partial charge in [-0.2, -0.15) is 0 Å². The van der Waals surface area contributed by atoms with Crippen LogP contribution in [0.5, 0.6) is 0 Å². The predicted molar refractivity (Wildman–Crippen MR) is 161 cm³/mol. The Hall–Kier alpha value is -5.19. The molecule has 45 heavy (non-hydrogen) atoms. The highest BCUT2D eigenvalue weighted by atomic mass is 16.7. The van der Waals surface area contributed by atoms with E-state index in [1.807, 2.05) is 48.5 Å². The summed E-state index contributed by atoms with van der Waals surface area (Å²) in [5.41, 5.74) is 1.74. The summed E-state index contributed by atoms with van der Waals surface area (Å²) in [6, 6.07) is 22.0. The number of hydrogen-bond donors (Lipinski definition) is 1. The number of rotatable bonds is 5. The average molecular weight is 612 g/mol. The van der Waals surface area contributed by atoms with E-state index >= 15 is 0 Å². The molecule has 1 N–H and O–H groups in total. The Bertz CT molecular complexity index is 1630. The Morgan fingerprint density at radius 1 is 0.844 bits per heavy atom. The van der Waals surface area contributed by atoms with Gasteiger partial charge >= 0.3 is 18.2 Å². The maximum Gasteiger partial charge on any atom is 0.409 e. The minimum Gasteiger partial charge on any atom is -0.448 e. The number of ether oxygens (including phenoxy) is 2. The van der Waals surface area contributed by atoms with Crippen molar-refractivity contribution in [3.05, 3.63) is 95.1 Å². The van der Waals surface area contributed by atoms with E-state index in [1.165, 1.54) is 17.0 Å². The Balaban J connectivity index is 1.21. The van der Waals surface area contributed by atoms with Crippen LogP contribution in [0.4, 0.5) is 9.59 Å². The molecule has 0 radical (unpaired) electrons. The summed E-state index contributed by atoms with van der Waals surface area (Å²) < 4.78 is 11.2. The number of nitrogens with zero attached hydrogens (tertiary/aromatic N) is 2. The van der Waals surface area contributed by atoms with Crippen molar-refractivity contribution in [2.24, 2.45) is 0 Å². The van der Waals surface area contributed by atoms with Crippen LogP contribution < -0.4 is 5.32 Å². The maximum absolute atomic E-state index is 13.8. The van der Waals surface area contributed by atoms with Crippen LogP contribution in [0.15, 0.2) is 72.8 Å². The molecule has 4 amide bonds. The number of imide groups is 1. The number of benzene rings is 3. The second kappa shape index (κ2) is 11.4. The number of hydroxylamine groups is 2. The summed E-state index contributed by atoms with van der Waals surface area (Å²) in [4.78, 5) is 72.8. The molecule has 0 bridgehead atoms. The molecule has 1 unspecified atom stereocenters. The fourth-order valence-electron chi connectivity index (χ4n) is 6.14. The van der Waals surface area contributed by atoms with E-state index in [-0.39, 0.29) is 49.6 Å². The van der Waals surface area contributed by atoms with Crippen molar-refractivity contribution in [2.45, 2.75) is 50.7 Å². The number of fused-ring (bicyclic) bond motifs is 4. The molecule has 0 saturated carbocycles. The normalized spacial score (nSPS) is 19.0. The topological polar surface area (TPSA) is 132 Å². The molecule has 3 aromatic rings. The number of alkyl carbamates (subject to hydrolysis) is 1. The quantitative estimate of drug-likeness (QED) is 0.397. The van der Waals surface area contributed by atoms with Crippen LogP contribution in [0.3, 0.4) is 0 Å². The first-order valence-corrected chi connectivity index (χ1v) is 14.8. The largest absolute Gasteiger partial charge is 0.448 e. The van der Waals surface area contributed by atoms with Gasteiger partial charge in [-0.1, -0.05) is 65.7 Å². The highest BCUT2D eigenvalue weighted by molar-refractivity contribution is 6.21. The first-order chi connectivity index (χ1) is 21.5. The molecule has 0 spiro atoms. The van der Waals surface area contributed by atoms with E-state index in [1.54, 1.807) is 32.9 Å². The van der Waals surface area contributed by atoms with Gasteiger partial charge in [0.1, 0.15) is 12.2 Å². The predicted octanol–water partition coefficient (Wildman–Crippen LogP) is 5.05. The van der Waals surface area contributed by atoms with E-state index in [9.17, 15) is 24.0 Å². The molecule has 3 aromatic carbocycles. The number of piperidine rings is 1. The lowest BCUT2D eigenvalue weighted by atomic mass is 9.89. The van der Waals surface area contributed by atoms with E-state index in [0.29, 0.717) is 5.06 Å². The van der Waals surface area contributed by atoms with Crippen LogP contribution in [0, 0.1) is 0 Å². The van der Waals surface area contributed by atoms with Crippen LogP contribution in [0.2, 0.25) is 0 Å². The fraction of sp³-hybridized carbons (Fsp3) is 0.324. The van der Waals surface area contributed by atoms with Crippen LogP contribution in [-0.2, 0) is 19.1 Å². The zero-order valence-corrected chi connectivity index (χ0v) is 25.2. The standard InChI is InChI=1S/C34H33N3O8/c1-33(2,3)44-31(41)35-34(30(40)45-37-28(38)25-15-8-9-16-26(25)29(37)39)17-10-18-36(20-34)32(42)43-19-27-23-13-6-4-11-21(23)22-12-5-7-14-24(22)27/h4-9,11-16,27H,10,17-20H2,1-3H3,(H,35,41). The third-order valence-corrected chi connectivity index (χ3v) is 8.15. The molecular weight excluding hydrogens is 578 g/mol. The SMILES string of the molecule is CC(C)(C)OC(=O)NC1(C(=O)ON2C(=O)c3ccccc3C2=O)CCCN(C(=O)OCC2c3ccccc3-c3ccccc32)C1. The van der Waals surface area contributed by atoms with Crippen molar-refractivity contribution < 1.29 is 38.3 Å². The number of nitrogens with one attached hydrogen (secondary N) is 1. The van der Waals surface area contributed by atoms with E-state index in [4.69, 9.17) is 14.3 Å². The van der Waals surface area contributed by atoms with Gasteiger partial charge in [0.25, 0.3) is 11.8 Å². The van der Waals surface area contributed by atoms with Gasteiger partial charge in [0.15, 0.2) is 5.54 Å². The summed E-state index contributed by atoms with van der Waals surface area (Å²) in [6.07, 6.45) is -1.25. The van der Waals surface area contributed by atoms with Crippen LogP contribution in [-0.4, -0.2) is 70.8 Å². The third-order valence-electron chi connectivity index (χ3n) is 8.15. The molecular formula is C34H33N3O8. The van der Waals surface area contributed by atoms with Crippen LogP contribution in [0.1, 0.15) is 71.4 Å². The van der Waals surface area contributed by atoms with Crippen molar-refractivity contribution in [2.75, 3.05) is 19.7 Å². The Morgan fingerprint density at radius 3 is 1.93 bits per heavy atom. The summed E-state index contributed by atoms with van der Waals surface area (Å²) >= 11 is 0. The second-order valence-corrected chi connectivity index (χ2v) is 12.4. The number of amides is 4. The molecule has 6 rings (SSSR count). The summed E-state index contributed by atoms with van der Waals surface area (Å²) in [7, 11) is 0. The first kappa shape index (κ1) is 29.9. The van der Waals surface area contributed by atoms with Crippen molar-refractivity contribution in [3.8, 4) is 11.1 Å². The number of hydrogen-bond acceptors (Lipinski definition) is 8. The Labute approximate surface area is 260 Å². The highest BCUT2D eigenvalue weighted by Crippen LogP contribution is 2.44. The molecule has 1 saturated heterocycles. The summed E-state index contributed by atoms with van der Waals surface area (Å²) in [6.45, 7) is 4.98. The third kappa shape index (κ3) is 5.61. The zero-order valence-electron chi connectivity index (χ0n) is 25.2. The smallest absolute Gasteiger partial charge is 0.409 e. The lowest BCUT2D eigenvalue weighted by Crippen LogP contribution is -2.65. The Kier molecular flexibility index (Phi) is 7.56. The van der Waals surface area contributed by atoms with Crippen molar-refractivity contribution >= 4 is 30.0 Å². The molecule has 11 nitrogen and oxygen atoms in total. The molecule has 11 heteroatoms.